The summed E-state index contributed by atoms with van der Waals surface area (Å²) >= 11 is 3.39. The van der Waals surface area contributed by atoms with E-state index in [0.29, 0.717) is 22.5 Å². The van der Waals surface area contributed by atoms with Crippen molar-refractivity contribution in [3.8, 4) is 11.1 Å². The third-order valence-electron chi connectivity index (χ3n) is 3.81. The lowest BCUT2D eigenvalue weighted by molar-refractivity contribution is 0.0686. The van der Waals surface area contributed by atoms with Crippen LogP contribution in [-0.2, 0) is 0 Å². The van der Waals surface area contributed by atoms with Crippen LogP contribution in [0.5, 0.6) is 0 Å². The molecular weight excluding hydrogens is 412 g/mol. The number of rotatable bonds is 5. The van der Waals surface area contributed by atoms with Gasteiger partial charge >= 0.3 is 11.9 Å². The Kier molecular flexibility index (Phi) is 5.42. The fourth-order valence-corrected chi connectivity index (χ4v) is 2.79. The minimum absolute atomic E-state index is 0.0852. The van der Waals surface area contributed by atoms with Gasteiger partial charge in [-0.2, -0.15) is 0 Å². The number of hydrogen-bond donors (Lipinski definition) is 2. The van der Waals surface area contributed by atoms with Crippen LogP contribution in [0.15, 0.2) is 81.4 Å². The van der Waals surface area contributed by atoms with Gasteiger partial charge in [0.1, 0.15) is 0 Å². The molecule has 0 spiro atoms. The second kappa shape index (κ2) is 7.92. The van der Waals surface area contributed by atoms with E-state index in [9.17, 15) is 14.7 Å². The van der Waals surface area contributed by atoms with Crippen LogP contribution in [-0.4, -0.2) is 22.2 Å². The SMILES string of the molecule is O=C(O)c1ccc(-c2ccc(C(=O)O)cc2N=Nc2ccccc2Br)cc1. The van der Waals surface area contributed by atoms with Crippen molar-refractivity contribution in [2.75, 3.05) is 0 Å². The third-order valence-corrected chi connectivity index (χ3v) is 4.48. The van der Waals surface area contributed by atoms with E-state index in [1.807, 2.05) is 18.2 Å². The van der Waals surface area contributed by atoms with Crippen LogP contribution in [0.1, 0.15) is 20.7 Å². The molecule has 0 saturated heterocycles. The number of carbonyl (C=O) groups is 2. The van der Waals surface area contributed by atoms with Gasteiger partial charge in [0.25, 0.3) is 0 Å². The summed E-state index contributed by atoms with van der Waals surface area (Å²) < 4.78 is 0.760. The smallest absolute Gasteiger partial charge is 0.335 e. The van der Waals surface area contributed by atoms with E-state index >= 15 is 0 Å². The van der Waals surface area contributed by atoms with Crippen LogP contribution in [0.3, 0.4) is 0 Å². The molecule has 0 aromatic heterocycles. The van der Waals surface area contributed by atoms with E-state index in [1.54, 1.807) is 24.3 Å². The van der Waals surface area contributed by atoms with Gasteiger partial charge in [-0.1, -0.05) is 30.3 Å². The summed E-state index contributed by atoms with van der Waals surface area (Å²) in [6, 6.07) is 18.1. The summed E-state index contributed by atoms with van der Waals surface area (Å²) in [6.45, 7) is 0. The monoisotopic (exact) mass is 424 g/mol. The number of nitrogens with zero attached hydrogens (tertiary/aromatic N) is 2. The molecule has 0 heterocycles. The number of carboxylic acids is 2. The largest absolute Gasteiger partial charge is 0.478 e. The van der Waals surface area contributed by atoms with Crippen LogP contribution in [0.4, 0.5) is 11.4 Å². The van der Waals surface area contributed by atoms with Gasteiger partial charge in [0.2, 0.25) is 0 Å². The first kappa shape index (κ1) is 18.5. The van der Waals surface area contributed by atoms with Crippen LogP contribution >= 0.6 is 15.9 Å². The van der Waals surface area contributed by atoms with Crippen molar-refractivity contribution in [1.29, 1.82) is 0 Å². The van der Waals surface area contributed by atoms with E-state index in [4.69, 9.17) is 5.11 Å². The quantitative estimate of drug-likeness (QED) is 0.495. The Balaban J connectivity index is 2.07. The lowest BCUT2D eigenvalue weighted by Crippen LogP contribution is -1.96. The Labute approximate surface area is 163 Å². The molecule has 0 unspecified atom stereocenters. The molecule has 3 aromatic rings. The van der Waals surface area contributed by atoms with Crippen LogP contribution in [0, 0.1) is 0 Å². The maximum atomic E-state index is 11.3. The molecule has 7 heteroatoms. The lowest BCUT2D eigenvalue weighted by atomic mass is 10.0. The molecule has 0 saturated carbocycles. The Morgan fingerprint density at radius 2 is 1.33 bits per heavy atom. The van der Waals surface area contributed by atoms with E-state index in [0.717, 1.165) is 4.47 Å². The molecule has 0 fully saturated rings. The second-order valence-corrected chi connectivity index (χ2v) is 6.43. The molecule has 6 nitrogen and oxygen atoms in total. The fourth-order valence-electron chi connectivity index (χ4n) is 2.42. The van der Waals surface area contributed by atoms with Crippen molar-refractivity contribution in [2.24, 2.45) is 10.2 Å². The molecule has 27 heavy (non-hydrogen) atoms. The number of hydrogen-bond acceptors (Lipinski definition) is 4. The maximum absolute atomic E-state index is 11.3. The van der Waals surface area contributed by atoms with Crippen molar-refractivity contribution >= 4 is 39.2 Å². The van der Waals surface area contributed by atoms with E-state index in [2.05, 4.69) is 26.2 Å². The highest BCUT2D eigenvalue weighted by atomic mass is 79.9. The molecular formula is C20H13BrN2O4. The fraction of sp³-hybridized carbons (Fsp3) is 0. The number of azo groups is 1. The van der Waals surface area contributed by atoms with E-state index in [-0.39, 0.29) is 11.1 Å². The van der Waals surface area contributed by atoms with Gasteiger partial charge in [0.15, 0.2) is 0 Å². The summed E-state index contributed by atoms with van der Waals surface area (Å²) in [7, 11) is 0. The van der Waals surface area contributed by atoms with Gasteiger partial charge in [0, 0.05) is 10.0 Å². The van der Waals surface area contributed by atoms with Crippen LogP contribution < -0.4 is 0 Å². The molecule has 3 rings (SSSR count). The second-order valence-electron chi connectivity index (χ2n) is 5.57. The van der Waals surface area contributed by atoms with Gasteiger partial charge in [-0.25, -0.2) is 9.59 Å². The molecule has 134 valence electrons. The average molecular weight is 425 g/mol. The zero-order valence-corrected chi connectivity index (χ0v) is 15.4. The molecule has 0 amide bonds. The van der Waals surface area contributed by atoms with Gasteiger partial charge in [0.05, 0.1) is 22.5 Å². The maximum Gasteiger partial charge on any atom is 0.335 e. The highest BCUT2D eigenvalue weighted by Crippen LogP contribution is 2.34. The minimum atomic E-state index is -1.07. The van der Waals surface area contributed by atoms with Crippen molar-refractivity contribution in [1.82, 2.24) is 0 Å². The summed E-state index contributed by atoms with van der Waals surface area (Å²) in [5.41, 5.74) is 2.57. The molecule has 0 aliphatic heterocycles. The van der Waals surface area contributed by atoms with Gasteiger partial charge in [-0.15, -0.1) is 10.2 Å². The minimum Gasteiger partial charge on any atom is -0.478 e. The standard InChI is InChI=1S/C20H13BrN2O4/c21-16-3-1-2-4-17(16)22-23-18-11-14(20(26)27)9-10-15(18)12-5-7-13(8-6-12)19(24)25/h1-11H,(H,24,25)(H,26,27). The first-order valence-electron chi connectivity index (χ1n) is 7.83. The topological polar surface area (TPSA) is 99.3 Å². The van der Waals surface area contributed by atoms with Gasteiger partial charge in [-0.3, -0.25) is 0 Å². The number of carboxylic acid groups (broad SMARTS) is 2. The third kappa shape index (κ3) is 4.27. The Morgan fingerprint density at radius 1 is 0.741 bits per heavy atom. The summed E-state index contributed by atoms with van der Waals surface area (Å²) in [4.78, 5) is 22.3. The summed E-state index contributed by atoms with van der Waals surface area (Å²) in [6.07, 6.45) is 0. The lowest BCUT2D eigenvalue weighted by Gasteiger charge is -2.07. The Bertz CT molecular complexity index is 1050. The predicted molar refractivity (Wildman–Crippen MR) is 104 cm³/mol. The average Bonchev–Trinajstić information content (AvgIpc) is 2.67. The van der Waals surface area contributed by atoms with E-state index < -0.39 is 11.9 Å². The van der Waals surface area contributed by atoms with E-state index in [1.165, 1.54) is 24.3 Å². The van der Waals surface area contributed by atoms with Crippen molar-refractivity contribution in [2.45, 2.75) is 0 Å². The van der Waals surface area contributed by atoms with Crippen molar-refractivity contribution in [3.63, 3.8) is 0 Å². The predicted octanol–water partition coefficient (Wildman–Crippen LogP) is 5.93. The first-order valence-corrected chi connectivity index (χ1v) is 8.62. The zero-order chi connectivity index (χ0) is 19.4. The molecule has 0 bridgehead atoms. The normalized spacial score (nSPS) is 10.9. The van der Waals surface area contributed by atoms with Crippen molar-refractivity contribution in [3.05, 3.63) is 82.3 Å². The van der Waals surface area contributed by atoms with Crippen molar-refractivity contribution < 1.29 is 19.8 Å². The number of benzene rings is 3. The van der Waals surface area contributed by atoms with Gasteiger partial charge < -0.3 is 10.2 Å². The van der Waals surface area contributed by atoms with Crippen LogP contribution in [0.25, 0.3) is 11.1 Å². The Hall–Kier alpha value is -3.32. The van der Waals surface area contributed by atoms with Gasteiger partial charge in [-0.05, 0) is 57.9 Å². The molecule has 3 aromatic carbocycles. The zero-order valence-electron chi connectivity index (χ0n) is 13.8. The number of halogens is 1. The highest BCUT2D eigenvalue weighted by molar-refractivity contribution is 9.10. The highest BCUT2D eigenvalue weighted by Gasteiger charge is 2.11. The molecule has 2 N–H and O–H groups in total. The number of aromatic carboxylic acids is 2. The summed E-state index contributed by atoms with van der Waals surface area (Å²) in [5.74, 6) is -2.09. The Morgan fingerprint density at radius 3 is 1.96 bits per heavy atom. The summed E-state index contributed by atoms with van der Waals surface area (Å²) in [5, 5.41) is 26.7. The molecule has 0 aliphatic rings. The van der Waals surface area contributed by atoms with Crippen LogP contribution in [0.2, 0.25) is 0 Å². The molecule has 0 aliphatic carbocycles. The molecule has 0 radical (unpaired) electrons. The molecule has 0 atom stereocenters. The first-order chi connectivity index (χ1) is 13.0.